The molecule has 0 atom stereocenters. The third-order valence-corrected chi connectivity index (χ3v) is 14.0. The van der Waals surface area contributed by atoms with E-state index in [0.29, 0.717) is 0 Å². The lowest BCUT2D eigenvalue weighted by Crippen LogP contribution is -2.35. The lowest BCUT2D eigenvalue weighted by molar-refractivity contribution is -0.138. The Morgan fingerprint density at radius 2 is 0.403 bits per heavy atom. The minimum Gasteiger partial charge on any atom is -0.299 e. The van der Waals surface area contributed by atoms with Crippen LogP contribution in [0.5, 0.6) is 0 Å². The number of ketones is 4. The third-order valence-electron chi connectivity index (χ3n) is 14.0. The first-order valence-corrected chi connectivity index (χ1v) is 27.5. The molecule has 0 radical (unpaired) electrons. The molecule has 0 aromatic carbocycles. The first-order valence-electron chi connectivity index (χ1n) is 27.5. The van der Waals surface area contributed by atoms with Crippen LogP contribution in [0.1, 0.15) is 327 Å². The molecule has 0 fully saturated rings. The number of unbranched alkanes of at least 4 members (excludes halogenated alkanes) is 28. The maximum absolute atomic E-state index is 14.2. The van der Waals surface area contributed by atoms with Crippen molar-refractivity contribution < 1.29 is 19.2 Å². The number of rotatable bonds is 42. The third kappa shape index (κ3) is 35.0. The molecule has 0 bridgehead atoms. The fraction of sp³-hybridized carbons (Fsp3) is 0.931. The van der Waals surface area contributed by atoms with Gasteiger partial charge in [-0.3, -0.25) is 19.2 Å². The minimum absolute atomic E-state index is 0.0208. The van der Waals surface area contributed by atoms with Gasteiger partial charge in [0.05, 0.1) is 12.8 Å². The van der Waals surface area contributed by atoms with Gasteiger partial charge in [0.15, 0.2) is 0 Å². The molecule has 368 valence electrons. The lowest BCUT2D eigenvalue weighted by Gasteiger charge is -2.32. The van der Waals surface area contributed by atoms with Crippen LogP contribution in [0.4, 0.5) is 0 Å². The Morgan fingerprint density at radius 3 is 0.581 bits per heavy atom. The summed E-state index contributed by atoms with van der Waals surface area (Å²) in [6.45, 7) is 24.6. The Hall–Kier alpha value is -1.32. The van der Waals surface area contributed by atoms with Gasteiger partial charge in [0.25, 0.3) is 0 Å². The van der Waals surface area contributed by atoms with Gasteiger partial charge < -0.3 is 0 Å². The first kappa shape index (κ1) is 62.8. The fourth-order valence-corrected chi connectivity index (χ4v) is 8.65. The molecule has 0 spiro atoms. The van der Waals surface area contributed by atoms with Gasteiger partial charge in [-0.15, -0.1) is 0 Å². The summed E-state index contributed by atoms with van der Waals surface area (Å²) in [6, 6.07) is 0. The van der Waals surface area contributed by atoms with Crippen LogP contribution in [0.3, 0.4) is 0 Å². The number of carbonyl (C=O) groups excluding carboxylic acids is 4. The van der Waals surface area contributed by atoms with Crippen LogP contribution in [0.15, 0.2) is 0 Å². The predicted octanol–water partition coefficient (Wildman–Crippen LogP) is 19.3. The molecule has 0 rings (SSSR count). The van der Waals surface area contributed by atoms with E-state index in [9.17, 15) is 19.2 Å². The molecular weight excluding hydrogens is 761 g/mol. The van der Waals surface area contributed by atoms with Gasteiger partial charge in [-0.05, 0) is 25.7 Å². The first-order chi connectivity index (χ1) is 29.3. The second-order valence-electron chi connectivity index (χ2n) is 22.6. The molecule has 62 heavy (non-hydrogen) atoms. The molecule has 0 saturated carbocycles. The number of Topliss-reactive ketones (excluding diaryl/α,β-unsaturated/α-hetero) is 4. The van der Waals surface area contributed by atoms with Crippen molar-refractivity contribution in [3.05, 3.63) is 0 Å². The highest BCUT2D eigenvalue weighted by Gasteiger charge is 2.38. The van der Waals surface area contributed by atoms with Gasteiger partial charge in [-0.2, -0.15) is 0 Å². The van der Waals surface area contributed by atoms with Gasteiger partial charge >= 0.3 is 0 Å². The summed E-state index contributed by atoms with van der Waals surface area (Å²) in [6.07, 6.45) is 45.6. The van der Waals surface area contributed by atoms with Crippen molar-refractivity contribution >= 4 is 23.1 Å². The molecular formula is C58H112O4. The molecule has 0 aliphatic heterocycles. The van der Waals surface area contributed by atoms with Crippen LogP contribution in [-0.4, -0.2) is 23.1 Å². The van der Waals surface area contributed by atoms with E-state index >= 15 is 0 Å². The quantitative estimate of drug-likeness (QED) is 0.0453. The van der Waals surface area contributed by atoms with Crippen molar-refractivity contribution in [2.75, 3.05) is 0 Å². The summed E-state index contributed by atoms with van der Waals surface area (Å²) in [7, 11) is 0. The van der Waals surface area contributed by atoms with E-state index in [1.54, 1.807) is 0 Å². The Morgan fingerprint density at radius 1 is 0.242 bits per heavy atom. The van der Waals surface area contributed by atoms with Gasteiger partial charge in [-0.25, -0.2) is 0 Å². The van der Waals surface area contributed by atoms with Crippen LogP contribution in [-0.2, 0) is 19.2 Å². The molecule has 4 heteroatoms. The monoisotopic (exact) mass is 873 g/mol. The zero-order valence-electron chi connectivity index (χ0n) is 44.5. The highest BCUT2D eigenvalue weighted by Crippen LogP contribution is 2.38. The summed E-state index contributed by atoms with van der Waals surface area (Å²) in [5.41, 5.74) is -1.47. The van der Waals surface area contributed by atoms with Crippen molar-refractivity contribution in [3.63, 3.8) is 0 Å². The standard InChI is InChI=1S/C47H92O2.C11H20O2/c1-7-11-15-19-23-27-31-35-39-46(5,40-36-32-28-24-20-16-12-8-2)44(48)43-45(49)47(6,41-37-33-29-25-21-17-13-9-3)42-38-34-30-26-22-18-14-10-4;1-10(2,3)8(12)7-9(13)11(4,5)6/h7-43H2,1-6H3;7H2,1-6H3. The van der Waals surface area contributed by atoms with Crippen molar-refractivity contribution in [3.8, 4) is 0 Å². The molecule has 0 saturated heterocycles. The summed E-state index contributed by atoms with van der Waals surface area (Å²) < 4.78 is 0. The van der Waals surface area contributed by atoms with Crippen LogP contribution >= 0.6 is 0 Å². The van der Waals surface area contributed by atoms with Crippen LogP contribution in [0.25, 0.3) is 0 Å². The van der Waals surface area contributed by atoms with Gasteiger partial charge in [0.2, 0.25) is 0 Å². The zero-order chi connectivity index (χ0) is 47.2. The second-order valence-corrected chi connectivity index (χ2v) is 22.6. The van der Waals surface area contributed by atoms with Gasteiger partial charge in [-0.1, -0.05) is 289 Å². The average Bonchev–Trinajstić information content (AvgIpc) is 3.21. The molecule has 0 unspecified atom stereocenters. The van der Waals surface area contributed by atoms with E-state index in [4.69, 9.17) is 0 Å². The smallest absolute Gasteiger partial charge is 0.146 e. The largest absolute Gasteiger partial charge is 0.299 e. The lowest BCUT2D eigenvalue weighted by atomic mass is 9.70. The van der Waals surface area contributed by atoms with E-state index in [2.05, 4.69) is 41.5 Å². The normalized spacial score (nSPS) is 12.3. The molecule has 0 aliphatic carbocycles. The minimum atomic E-state index is -0.402. The Balaban J connectivity index is 0. The zero-order valence-corrected chi connectivity index (χ0v) is 44.5. The fourth-order valence-electron chi connectivity index (χ4n) is 8.65. The highest BCUT2D eigenvalue weighted by atomic mass is 16.2. The van der Waals surface area contributed by atoms with E-state index in [-0.39, 0.29) is 46.8 Å². The molecule has 0 aromatic rings. The van der Waals surface area contributed by atoms with E-state index in [1.807, 2.05) is 41.5 Å². The molecule has 0 N–H and O–H groups in total. The second kappa shape index (κ2) is 38.9. The van der Waals surface area contributed by atoms with Crippen molar-refractivity contribution in [1.29, 1.82) is 0 Å². The number of carbonyl (C=O) groups is 4. The maximum atomic E-state index is 14.2. The van der Waals surface area contributed by atoms with Crippen LogP contribution in [0, 0.1) is 21.7 Å². The summed E-state index contributed by atoms with van der Waals surface area (Å²) in [4.78, 5) is 51.4. The highest BCUT2D eigenvalue weighted by molar-refractivity contribution is 6.04. The van der Waals surface area contributed by atoms with E-state index < -0.39 is 10.8 Å². The maximum Gasteiger partial charge on any atom is 0.146 e. The Labute approximate surface area is 389 Å². The summed E-state index contributed by atoms with van der Waals surface area (Å²) >= 11 is 0. The van der Waals surface area contributed by atoms with Gasteiger partial charge in [0, 0.05) is 21.7 Å². The van der Waals surface area contributed by atoms with Crippen molar-refractivity contribution in [2.45, 2.75) is 327 Å². The van der Waals surface area contributed by atoms with Gasteiger partial charge in [0.1, 0.15) is 23.1 Å². The Kier molecular flexibility index (Phi) is 39.4. The molecule has 0 heterocycles. The van der Waals surface area contributed by atoms with Crippen molar-refractivity contribution in [2.24, 2.45) is 21.7 Å². The SMILES string of the molecule is CC(C)(C)C(=O)CC(=O)C(C)(C)C.CCCCCCCCCCC(C)(CCCCCCCCCC)C(=O)CC(=O)C(C)(CCCCCCCCCC)CCCCCCCCCC. The van der Waals surface area contributed by atoms with Crippen molar-refractivity contribution in [1.82, 2.24) is 0 Å². The Bertz CT molecular complexity index is 964. The molecule has 4 nitrogen and oxygen atoms in total. The van der Waals surface area contributed by atoms with Crippen LogP contribution < -0.4 is 0 Å². The summed E-state index contributed by atoms with van der Waals surface area (Å²) in [5, 5.41) is 0. The van der Waals surface area contributed by atoms with E-state index in [0.717, 1.165) is 51.4 Å². The summed E-state index contributed by atoms with van der Waals surface area (Å²) in [5.74, 6) is 0.572. The van der Waals surface area contributed by atoms with Crippen LogP contribution in [0.2, 0.25) is 0 Å². The molecule has 0 aromatic heterocycles. The average molecular weight is 874 g/mol. The number of hydrogen-bond acceptors (Lipinski definition) is 4. The topological polar surface area (TPSA) is 68.3 Å². The molecule has 0 aliphatic rings. The van der Waals surface area contributed by atoms with E-state index in [1.165, 1.54) is 180 Å². The molecule has 0 amide bonds. The number of hydrogen-bond donors (Lipinski definition) is 0. The predicted molar refractivity (Wildman–Crippen MR) is 273 cm³/mol.